The second-order valence-corrected chi connectivity index (χ2v) is 3.95. The van der Waals surface area contributed by atoms with Crippen molar-refractivity contribution in [3.63, 3.8) is 0 Å². The Bertz CT molecular complexity index is 582. The van der Waals surface area contributed by atoms with E-state index in [0.29, 0.717) is 28.6 Å². The molecule has 8 nitrogen and oxygen atoms in total. The number of nitrogen functional groups attached to an aromatic ring is 1. The van der Waals surface area contributed by atoms with Crippen molar-refractivity contribution in [2.45, 2.75) is 13.3 Å². The van der Waals surface area contributed by atoms with Crippen molar-refractivity contribution in [1.29, 1.82) is 0 Å². The van der Waals surface area contributed by atoms with E-state index in [1.165, 1.54) is 0 Å². The fraction of sp³-hybridized carbons (Fsp3) is 0.455. The lowest BCUT2D eigenvalue weighted by molar-refractivity contribution is 0.956. The van der Waals surface area contributed by atoms with Crippen LogP contribution in [0.15, 0.2) is 0 Å². The molecule has 0 atom stereocenters. The van der Waals surface area contributed by atoms with Gasteiger partial charge in [-0.2, -0.15) is 9.97 Å². The van der Waals surface area contributed by atoms with Gasteiger partial charge < -0.3 is 21.7 Å². The van der Waals surface area contributed by atoms with Crippen LogP contribution in [0, 0.1) is 0 Å². The van der Waals surface area contributed by atoms with E-state index in [2.05, 4.69) is 42.8 Å². The molecule has 8 heteroatoms. The van der Waals surface area contributed by atoms with E-state index in [9.17, 15) is 0 Å². The Hall–Kier alpha value is -2.38. The average Bonchev–Trinajstić information content (AvgIpc) is 2.43. The molecule has 0 aromatic carbocycles. The third-order valence-corrected chi connectivity index (χ3v) is 2.57. The molecule has 2 rings (SSSR count). The maximum Gasteiger partial charge on any atom is 0.225 e. The predicted molar refractivity (Wildman–Crippen MR) is 77.4 cm³/mol. The zero-order chi connectivity index (χ0) is 13.8. The van der Waals surface area contributed by atoms with Gasteiger partial charge in [0.15, 0.2) is 11.6 Å². The summed E-state index contributed by atoms with van der Waals surface area (Å²) < 4.78 is 0. The van der Waals surface area contributed by atoms with Gasteiger partial charge in [-0.3, -0.25) is 0 Å². The molecule has 0 aliphatic carbocycles. The maximum atomic E-state index is 5.68. The van der Waals surface area contributed by atoms with Crippen LogP contribution in [-0.4, -0.2) is 40.6 Å². The van der Waals surface area contributed by atoms with E-state index in [1.807, 2.05) is 0 Å². The van der Waals surface area contributed by atoms with E-state index in [1.54, 1.807) is 14.1 Å². The molecule has 0 saturated carbocycles. The molecule has 2 aromatic rings. The molecular weight excluding hydrogens is 244 g/mol. The molecule has 0 amide bonds. The summed E-state index contributed by atoms with van der Waals surface area (Å²) in [5.41, 5.74) is 6.91. The van der Waals surface area contributed by atoms with Gasteiger partial charge in [-0.15, -0.1) is 0 Å². The zero-order valence-electron chi connectivity index (χ0n) is 11.3. The Morgan fingerprint density at radius 2 is 1.58 bits per heavy atom. The van der Waals surface area contributed by atoms with Gasteiger partial charge in [0, 0.05) is 20.6 Å². The van der Waals surface area contributed by atoms with E-state index >= 15 is 0 Å². The minimum Gasteiger partial charge on any atom is -0.371 e. The topological polar surface area (TPSA) is 114 Å². The molecule has 0 spiro atoms. The Kier molecular flexibility index (Phi) is 3.79. The Morgan fingerprint density at radius 1 is 0.947 bits per heavy atom. The molecule has 19 heavy (non-hydrogen) atoms. The van der Waals surface area contributed by atoms with Crippen molar-refractivity contribution in [1.82, 2.24) is 19.9 Å². The number of nitrogens with two attached hydrogens (primary N) is 1. The van der Waals surface area contributed by atoms with Crippen LogP contribution in [-0.2, 0) is 0 Å². The van der Waals surface area contributed by atoms with E-state index in [4.69, 9.17) is 5.73 Å². The summed E-state index contributed by atoms with van der Waals surface area (Å²) in [4.78, 5) is 17.1. The van der Waals surface area contributed by atoms with Crippen LogP contribution in [0.5, 0.6) is 0 Å². The average molecular weight is 262 g/mol. The fourth-order valence-corrected chi connectivity index (χ4v) is 1.70. The highest BCUT2D eigenvalue weighted by Gasteiger charge is 2.13. The molecule has 0 aliphatic heterocycles. The number of fused-ring (bicyclic) bond motifs is 1. The smallest absolute Gasteiger partial charge is 0.225 e. The number of aromatic nitrogens is 4. The lowest BCUT2D eigenvalue weighted by Crippen LogP contribution is -2.10. The Balaban J connectivity index is 2.62. The Labute approximate surface area is 111 Å². The summed E-state index contributed by atoms with van der Waals surface area (Å²) in [5.74, 6) is 1.94. The van der Waals surface area contributed by atoms with Crippen molar-refractivity contribution in [2.75, 3.05) is 42.3 Å². The molecule has 2 aromatic heterocycles. The van der Waals surface area contributed by atoms with E-state index in [0.717, 1.165) is 13.0 Å². The molecule has 0 unspecified atom stereocenters. The summed E-state index contributed by atoms with van der Waals surface area (Å²) >= 11 is 0. The highest BCUT2D eigenvalue weighted by molar-refractivity contribution is 5.94. The van der Waals surface area contributed by atoms with Gasteiger partial charge in [0.25, 0.3) is 0 Å². The third-order valence-electron chi connectivity index (χ3n) is 2.57. The van der Waals surface area contributed by atoms with Gasteiger partial charge in [-0.05, 0) is 6.42 Å². The summed E-state index contributed by atoms with van der Waals surface area (Å²) in [7, 11) is 3.55. The van der Waals surface area contributed by atoms with Gasteiger partial charge in [0.05, 0.1) is 0 Å². The van der Waals surface area contributed by atoms with Crippen molar-refractivity contribution in [2.24, 2.45) is 0 Å². The molecule has 102 valence electrons. The first-order chi connectivity index (χ1) is 9.19. The van der Waals surface area contributed by atoms with Crippen molar-refractivity contribution in [3.8, 4) is 0 Å². The molecule has 0 saturated heterocycles. The van der Waals surface area contributed by atoms with Crippen molar-refractivity contribution in [3.05, 3.63) is 0 Å². The molecule has 5 N–H and O–H groups in total. The number of nitrogens with zero attached hydrogens (tertiary/aromatic N) is 4. The highest BCUT2D eigenvalue weighted by atomic mass is 15.2. The number of nitrogens with one attached hydrogen (secondary N) is 3. The maximum absolute atomic E-state index is 5.68. The second-order valence-electron chi connectivity index (χ2n) is 3.95. The first-order valence-electron chi connectivity index (χ1n) is 6.14. The van der Waals surface area contributed by atoms with Crippen LogP contribution < -0.4 is 21.7 Å². The van der Waals surface area contributed by atoms with Gasteiger partial charge >= 0.3 is 0 Å². The first kappa shape index (κ1) is 13.1. The van der Waals surface area contributed by atoms with Gasteiger partial charge in [0.1, 0.15) is 11.0 Å². The monoisotopic (exact) mass is 262 g/mol. The zero-order valence-corrected chi connectivity index (χ0v) is 11.3. The summed E-state index contributed by atoms with van der Waals surface area (Å²) in [6.07, 6.45) is 0.993. The van der Waals surface area contributed by atoms with Crippen LogP contribution in [0.4, 0.5) is 23.5 Å². The van der Waals surface area contributed by atoms with Crippen molar-refractivity contribution < 1.29 is 0 Å². The molecule has 0 radical (unpaired) electrons. The molecule has 0 bridgehead atoms. The SMILES string of the molecule is CCCNc1nc(NC)c2nc(N)nc(NC)c2n1. The van der Waals surface area contributed by atoms with Crippen LogP contribution in [0.2, 0.25) is 0 Å². The molecular formula is C11H18N8. The molecule has 0 fully saturated rings. The predicted octanol–water partition coefficient (Wildman–Crippen LogP) is 0.907. The Morgan fingerprint density at radius 3 is 2.21 bits per heavy atom. The van der Waals surface area contributed by atoms with Crippen molar-refractivity contribution >= 4 is 34.6 Å². The molecule has 0 aliphatic rings. The lowest BCUT2D eigenvalue weighted by atomic mass is 10.3. The van der Waals surface area contributed by atoms with Gasteiger partial charge in [-0.1, -0.05) is 6.92 Å². The molecule has 2 heterocycles. The summed E-state index contributed by atoms with van der Waals surface area (Å²) in [6, 6.07) is 0. The van der Waals surface area contributed by atoms with Crippen LogP contribution in [0.3, 0.4) is 0 Å². The van der Waals surface area contributed by atoms with Gasteiger partial charge in [-0.25, -0.2) is 9.97 Å². The first-order valence-corrected chi connectivity index (χ1v) is 6.14. The minimum absolute atomic E-state index is 0.186. The highest BCUT2D eigenvalue weighted by Crippen LogP contribution is 2.25. The number of hydrogen-bond acceptors (Lipinski definition) is 8. The minimum atomic E-state index is 0.186. The van der Waals surface area contributed by atoms with Crippen LogP contribution in [0.1, 0.15) is 13.3 Å². The fourth-order valence-electron chi connectivity index (χ4n) is 1.70. The van der Waals surface area contributed by atoms with Crippen LogP contribution in [0.25, 0.3) is 11.0 Å². The standard InChI is InChI=1S/C11H18N8/c1-4-5-15-11-17-7-6(9(14-3)19-11)16-10(12)18-8(7)13-2/h4-5H2,1-3H3,(H3,12,13,16,18)(H2,14,15,17,19). The normalized spacial score (nSPS) is 10.5. The van der Waals surface area contributed by atoms with E-state index in [-0.39, 0.29) is 5.95 Å². The van der Waals surface area contributed by atoms with E-state index < -0.39 is 0 Å². The summed E-state index contributed by atoms with van der Waals surface area (Å²) in [6.45, 7) is 2.88. The largest absolute Gasteiger partial charge is 0.371 e. The number of hydrogen-bond donors (Lipinski definition) is 4. The quantitative estimate of drug-likeness (QED) is 0.628. The number of anilines is 4. The second kappa shape index (κ2) is 5.51. The lowest BCUT2D eigenvalue weighted by Gasteiger charge is -2.11. The van der Waals surface area contributed by atoms with Gasteiger partial charge in [0.2, 0.25) is 11.9 Å². The van der Waals surface area contributed by atoms with Crippen LogP contribution >= 0.6 is 0 Å². The number of rotatable bonds is 5. The summed E-state index contributed by atoms with van der Waals surface area (Å²) in [5, 5.41) is 9.12. The third kappa shape index (κ3) is 2.56.